The molecule has 0 atom stereocenters. The summed E-state index contributed by atoms with van der Waals surface area (Å²) in [5.41, 5.74) is 8.57. The Morgan fingerprint density at radius 3 is 2.82 bits per heavy atom. The number of anilines is 1. The molecule has 84 valence electrons. The van der Waals surface area contributed by atoms with Crippen LogP contribution in [0.2, 0.25) is 0 Å². The average molecular weight is 288 g/mol. The van der Waals surface area contributed by atoms with E-state index in [1.165, 1.54) is 0 Å². The Morgan fingerprint density at radius 1 is 1.12 bits per heavy atom. The second kappa shape index (κ2) is 3.89. The standard InChI is InChI=1S/C13H10BrN3/c14-10-4-5-13-9(6-10)8-16-17(13)12-3-1-2-11(15)7-12/h1-8H,15H2. The smallest absolute Gasteiger partial charge is 0.0741 e. The van der Waals surface area contributed by atoms with E-state index in [1.807, 2.05) is 53.3 Å². The van der Waals surface area contributed by atoms with E-state index in [0.717, 1.165) is 26.8 Å². The van der Waals surface area contributed by atoms with Crippen molar-refractivity contribution in [2.24, 2.45) is 0 Å². The van der Waals surface area contributed by atoms with Gasteiger partial charge in [0.1, 0.15) is 0 Å². The van der Waals surface area contributed by atoms with Crippen molar-refractivity contribution in [1.29, 1.82) is 0 Å². The number of nitrogens with two attached hydrogens (primary N) is 1. The van der Waals surface area contributed by atoms with E-state index in [2.05, 4.69) is 21.0 Å². The third-order valence-corrected chi connectivity index (χ3v) is 3.14. The molecule has 1 heterocycles. The van der Waals surface area contributed by atoms with Crippen LogP contribution in [0.3, 0.4) is 0 Å². The third kappa shape index (κ3) is 1.80. The molecule has 0 amide bonds. The molecule has 0 aliphatic rings. The van der Waals surface area contributed by atoms with Crippen LogP contribution in [-0.4, -0.2) is 9.78 Å². The predicted molar refractivity (Wildman–Crippen MR) is 73.2 cm³/mol. The van der Waals surface area contributed by atoms with Gasteiger partial charge in [0.2, 0.25) is 0 Å². The normalized spacial score (nSPS) is 10.9. The minimum Gasteiger partial charge on any atom is -0.399 e. The highest BCUT2D eigenvalue weighted by atomic mass is 79.9. The number of halogens is 1. The van der Waals surface area contributed by atoms with Gasteiger partial charge in [0.05, 0.1) is 17.4 Å². The number of aromatic nitrogens is 2. The van der Waals surface area contributed by atoms with E-state index < -0.39 is 0 Å². The molecule has 4 heteroatoms. The number of hydrogen-bond acceptors (Lipinski definition) is 2. The molecule has 0 aliphatic heterocycles. The molecule has 17 heavy (non-hydrogen) atoms. The largest absolute Gasteiger partial charge is 0.399 e. The molecule has 3 rings (SSSR count). The van der Waals surface area contributed by atoms with Crippen LogP contribution in [0.25, 0.3) is 16.6 Å². The Kier molecular flexibility index (Phi) is 2.37. The third-order valence-electron chi connectivity index (χ3n) is 2.64. The number of nitrogens with zero attached hydrogens (tertiary/aromatic N) is 2. The summed E-state index contributed by atoms with van der Waals surface area (Å²) in [6, 6.07) is 13.8. The first-order chi connectivity index (χ1) is 8.24. The van der Waals surface area contributed by atoms with E-state index in [4.69, 9.17) is 5.73 Å². The first-order valence-corrected chi connectivity index (χ1v) is 6.02. The van der Waals surface area contributed by atoms with Gasteiger partial charge < -0.3 is 5.73 Å². The lowest BCUT2D eigenvalue weighted by Crippen LogP contribution is -1.96. The number of rotatable bonds is 1. The summed E-state index contributed by atoms with van der Waals surface area (Å²) < 4.78 is 2.94. The zero-order chi connectivity index (χ0) is 11.8. The molecule has 0 aliphatic carbocycles. The van der Waals surface area contributed by atoms with Crippen molar-refractivity contribution >= 4 is 32.5 Å². The van der Waals surface area contributed by atoms with Gasteiger partial charge in [-0.05, 0) is 36.4 Å². The van der Waals surface area contributed by atoms with Crippen molar-refractivity contribution in [2.75, 3.05) is 5.73 Å². The summed E-state index contributed by atoms with van der Waals surface area (Å²) in [4.78, 5) is 0. The maximum Gasteiger partial charge on any atom is 0.0741 e. The van der Waals surface area contributed by atoms with Crippen molar-refractivity contribution in [3.63, 3.8) is 0 Å². The van der Waals surface area contributed by atoms with Crippen LogP contribution in [0.15, 0.2) is 53.1 Å². The number of benzene rings is 2. The van der Waals surface area contributed by atoms with Gasteiger partial charge in [-0.3, -0.25) is 0 Å². The van der Waals surface area contributed by atoms with Gasteiger partial charge in [-0.25, -0.2) is 4.68 Å². The minimum absolute atomic E-state index is 0.739. The quantitative estimate of drug-likeness (QED) is 0.698. The van der Waals surface area contributed by atoms with Crippen molar-refractivity contribution in [3.05, 3.63) is 53.1 Å². The highest BCUT2D eigenvalue weighted by Crippen LogP contribution is 2.22. The van der Waals surface area contributed by atoms with Crippen molar-refractivity contribution in [1.82, 2.24) is 9.78 Å². The molecule has 1 aromatic heterocycles. The molecule has 2 aromatic carbocycles. The first kappa shape index (κ1) is 10.4. The van der Waals surface area contributed by atoms with Crippen LogP contribution in [0.1, 0.15) is 0 Å². The van der Waals surface area contributed by atoms with E-state index in [0.29, 0.717) is 0 Å². The Balaban J connectivity index is 2.24. The summed E-state index contributed by atoms with van der Waals surface area (Å²) >= 11 is 3.45. The maximum absolute atomic E-state index is 5.78. The fourth-order valence-corrected chi connectivity index (χ4v) is 2.24. The zero-order valence-electron chi connectivity index (χ0n) is 8.97. The summed E-state index contributed by atoms with van der Waals surface area (Å²) in [6.07, 6.45) is 1.85. The lowest BCUT2D eigenvalue weighted by atomic mass is 10.2. The van der Waals surface area contributed by atoms with Gasteiger partial charge in [-0.15, -0.1) is 0 Å². The molecule has 0 spiro atoms. The maximum atomic E-state index is 5.78. The Bertz CT molecular complexity index is 688. The number of fused-ring (bicyclic) bond motifs is 1. The summed E-state index contributed by atoms with van der Waals surface area (Å²) in [5.74, 6) is 0. The zero-order valence-corrected chi connectivity index (χ0v) is 10.6. The van der Waals surface area contributed by atoms with Crippen LogP contribution < -0.4 is 5.73 Å². The number of hydrogen-bond donors (Lipinski definition) is 1. The fourth-order valence-electron chi connectivity index (χ4n) is 1.87. The van der Waals surface area contributed by atoms with Crippen molar-refractivity contribution in [3.8, 4) is 5.69 Å². The lowest BCUT2D eigenvalue weighted by molar-refractivity contribution is 0.911. The summed E-state index contributed by atoms with van der Waals surface area (Å²) in [7, 11) is 0. The van der Waals surface area contributed by atoms with Gasteiger partial charge in [0.15, 0.2) is 0 Å². The Labute approximate surface area is 107 Å². The molecule has 3 aromatic rings. The molecule has 0 saturated heterocycles. The topological polar surface area (TPSA) is 43.8 Å². The van der Waals surface area contributed by atoms with Crippen LogP contribution in [0.5, 0.6) is 0 Å². The van der Waals surface area contributed by atoms with E-state index in [9.17, 15) is 0 Å². The second-order valence-electron chi connectivity index (χ2n) is 3.85. The van der Waals surface area contributed by atoms with Crippen LogP contribution in [-0.2, 0) is 0 Å². The predicted octanol–water partition coefficient (Wildman–Crippen LogP) is 3.37. The van der Waals surface area contributed by atoms with E-state index in [1.54, 1.807) is 0 Å². The first-order valence-electron chi connectivity index (χ1n) is 5.23. The summed E-state index contributed by atoms with van der Waals surface area (Å²) in [6.45, 7) is 0. The molecule has 3 nitrogen and oxygen atoms in total. The van der Waals surface area contributed by atoms with E-state index >= 15 is 0 Å². The molecular formula is C13H10BrN3. The van der Waals surface area contributed by atoms with Gasteiger partial charge in [-0.1, -0.05) is 22.0 Å². The highest BCUT2D eigenvalue weighted by Gasteiger charge is 2.05. The van der Waals surface area contributed by atoms with E-state index in [-0.39, 0.29) is 0 Å². The van der Waals surface area contributed by atoms with Crippen LogP contribution in [0, 0.1) is 0 Å². The van der Waals surface area contributed by atoms with Crippen molar-refractivity contribution < 1.29 is 0 Å². The van der Waals surface area contributed by atoms with Gasteiger partial charge >= 0.3 is 0 Å². The monoisotopic (exact) mass is 287 g/mol. The summed E-state index contributed by atoms with van der Waals surface area (Å²) in [5, 5.41) is 5.49. The Morgan fingerprint density at radius 2 is 2.00 bits per heavy atom. The van der Waals surface area contributed by atoms with Crippen LogP contribution >= 0.6 is 15.9 Å². The van der Waals surface area contributed by atoms with Gasteiger partial charge in [-0.2, -0.15) is 5.10 Å². The molecule has 0 saturated carbocycles. The SMILES string of the molecule is Nc1cccc(-n2ncc3cc(Br)ccc32)c1. The van der Waals surface area contributed by atoms with Crippen LogP contribution in [0.4, 0.5) is 5.69 Å². The molecule has 0 radical (unpaired) electrons. The number of nitrogen functional groups attached to an aromatic ring is 1. The second-order valence-corrected chi connectivity index (χ2v) is 4.77. The molecule has 0 unspecified atom stereocenters. The van der Waals surface area contributed by atoms with Gasteiger partial charge in [0, 0.05) is 15.5 Å². The molecular weight excluding hydrogens is 278 g/mol. The molecule has 0 fully saturated rings. The minimum atomic E-state index is 0.739. The van der Waals surface area contributed by atoms with Crippen molar-refractivity contribution in [2.45, 2.75) is 0 Å². The fraction of sp³-hybridized carbons (Fsp3) is 0. The average Bonchev–Trinajstić information content (AvgIpc) is 2.71. The highest BCUT2D eigenvalue weighted by molar-refractivity contribution is 9.10. The Hall–Kier alpha value is -1.81. The molecule has 2 N–H and O–H groups in total. The molecule has 0 bridgehead atoms. The van der Waals surface area contributed by atoms with Gasteiger partial charge in [0.25, 0.3) is 0 Å². The lowest BCUT2D eigenvalue weighted by Gasteiger charge is -2.04.